The SMILES string of the molecule is CC(C)c1cnn(-c2c(Cl)cccc2Cl)c1C(=O)O. The summed E-state index contributed by atoms with van der Waals surface area (Å²) in [7, 11) is 0. The van der Waals surface area contributed by atoms with E-state index in [9.17, 15) is 9.90 Å². The van der Waals surface area contributed by atoms with Gasteiger partial charge in [0.1, 0.15) is 5.69 Å². The lowest BCUT2D eigenvalue weighted by Crippen LogP contribution is -2.11. The summed E-state index contributed by atoms with van der Waals surface area (Å²) in [5, 5.41) is 14.2. The lowest BCUT2D eigenvalue weighted by Gasteiger charge is -2.10. The molecule has 1 N–H and O–H groups in total. The number of aromatic carboxylic acids is 1. The highest BCUT2D eigenvalue weighted by Gasteiger charge is 2.23. The molecule has 0 saturated heterocycles. The molecular weight excluding hydrogens is 287 g/mol. The fraction of sp³-hybridized carbons (Fsp3) is 0.231. The van der Waals surface area contributed by atoms with E-state index in [2.05, 4.69) is 5.10 Å². The Labute approximate surface area is 120 Å². The first-order valence-electron chi connectivity index (χ1n) is 5.69. The Hall–Kier alpha value is -1.52. The molecule has 0 aliphatic carbocycles. The van der Waals surface area contributed by atoms with E-state index >= 15 is 0 Å². The molecule has 1 aromatic carbocycles. The van der Waals surface area contributed by atoms with Gasteiger partial charge in [-0.1, -0.05) is 43.1 Å². The molecule has 0 aliphatic rings. The molecule has 100 valence electrons. The summed E-state index contributed by atoms with van der Waals surface area (Å²) in [6.07, 6.45) is 1.54. The van der Waals surface area contributed by atoms with Crippen LogP contribution in [0, 0.1) is 0 Å². The number of carbonyl (C=O) groups is 1. The predicted octanol–water partition coefficient (Wildman–Crippen LogP) is 4.00. The van der Waals surface area contributed by atoms with Gasteiger partial charge in [0, 0.05) is 5.56 Å². The van der Waals surface area contributed by atoms with Gasteiger partial charge in [0.05, 0.1) is 16.2 Å². The van der Waals surface area contributed by atoms with Crippen LogP contribution in [0.15, 0.2) is 24.4 Å². The second-order valence-electron chi connectivity index (χ2n) is 4.39. The van der Waals surface area contributed by atoms with Crippen LogP contribution in [0.2, 0.25) is 10.0 Å². The van der Waals surface area contributed by atoms with E-state index in [0.29, 0.717) is 21.3 Å². The van der Waals surface area contributed by atoms with Crippen molar-refractivity contribution in [2.24, 2.45) is 0 Å². The molecule has 1 aromatic heterocycles. The maximum Gasteiger partial charge on any atom is 0.354 e. The van der Waals surface area contributed by atoms with Crippen molar-refractivity contribution < 1.29 is 9.90 Å². The van der Waals surface area contributed by atoms with E-state index in [1.807, 2.05) is 13.8 Å². The van der Waals surface area contributed by atoms with Crippen LogP contribution in [0.25, 0.3) is 5.69 Å². The minimum absolute atomic E-state index is 0.0427. The molecule has 0 atom stereocenters. The van der Waals surface area contributed by atoms with Crippen molar-refractivity contribution >= 4 is 29.2 Å². The van der Waals surface area contributed by atoms with Gasteiger partial charge in [-0.05, 0) is 18.1 Å². The van der Waals surface area contributed by atoms with Crippen molar-refractivity contribution in [3.8, 4) is 5.69 Å². The largest absolute Gasteiger partial charge is 0.476 e. The Morgan fingerprint density at radius 2 is 1.89 bits per heavy atom. The number of para-hydroxylation sites is 1. The molecular formula is C13H12Cl2N2O2. The third-order valence-corrected chi connectivity index (χ3v) is 3.38. The van der Waals surface area contributed by atoms with Crippen molar-refractivity contribution in [2.45, 2.75) is 19.8 Å². The van der Waals surface area contributed by atoms with Crippen molar-refractivity contribution in [3.05, 3.63) is 45.7 Å². The van der Waals surface area contributed by atoms with Crippen molar-refractivity contribution in [3.63, 3.8) is 0 Å². The fourth-order valence-corrected chi connectivity index (χ4v) is 2.42. The highest BCUT2D eigenvalue weighted by Crippen LogP contribution is 2.31. The van der Waals surface area contributed by atoms with Crippen LogP contribution in [-0.2, 0) is 0 Å². The van der Waals surface area contributed by atoms with Gasteiger partial charge in [0.25, 0.3) is 0 Å². The normalized spacial score (nSPS) is 11.0. The molecule has 6 heteroatoms. The molecule has 0 radical (unpaired) electrons. The summed E-state index contributed by atoms with van der Waals surface area (Å²) in [6.45, 7) is 3.81. The first-order chi connectivity index (χ1) is 8.93. The molecule has 4 nitrogen and oxygen atoms in total. The smallest absolute Gasteiger partial charge is 0.354 e. The molecule has 0 aliphatic heterocycles. The highest BCUT2D eigenvalue weighted by atomic mass is 35.5. The summed E-state index contributed by atoms with van der Waals surface area (Å²) in [5.41, 5.74) is 1.11. The fourth-order valence-electron chi connectivity index (χ4n) is 1.86. The molecule has 0 fully saturated rings. The van der Waals surface area contributed by atoms with E-state index < -0.39 is 5.97 Å². The van der Waals surface area contributed by atoms with E-state index in [-0.39, 0.29) is 11.6 Å². The number of aromatic nitrogens is 2. The van der Waals surface area contributed by atoms with E-state index in [4.69, 9.17) is 23.2 Å². The molecule has 2 rings (SSSR count). The molecule has 0 bridgehead atoms. The van der Waals surface area contributed by atoms with Gasteiger partial charge in [-0.2, -0.15) is 5.10 Å². The summed E-state index contributed by atoms with van der Waals surface area (Å²) in [4.78, 5) is 11.5. The summed E-state index contributed by atoms with van der Waals surface area (Å²) in [6, 6.07) is 4.98. The van der Waals surface area contributed by atoms with Crippen molar-refractivity contribution in [1.82, 2.24) is 9.78 Å². The summed E-state index contributed by atoms with van der Waals surface area (Å²) < 4.78 is 1.28. The number of benzene rings is 1. The zero-order chi connectivity index (χ0) is 14.2. The third-order valence-electron chi connectivity index (χ3n) is 2.77. The van der Waals surface area contributed by atoms with Crippen LogP contribution in [0.3, 0.4) is 0 Å². The van der Waals surface area contributed by atoms with Crippen molar-refractivity contribution in [1.29, 1.82) is 0 Å². The van der Waals surface area contributed by atoms with Gasteiger partial charge in [0.15, 0.2) is 5.69 Å². The van der Waals surface area contributed by atoms with Crippen molar-refractivity contribution in [2.75, 3.05) is 0 Å². The van der Waals surface area contributed by atoms with Gasteiger partial charge in [-0.15, -0.1) is 0 Å². The summed E-state index contributed by atoms with van der Waals surface area (Å²) in [5.74, 6) is -1.02. The molecule has 0 amide bonds. The molecule has 1 heterocycles. The Kier molecular flexibility index (Phi) is 3.83. The van der Waals surface area contributed by atoms with Gasteiger partial charge in [-0.25, -0.2) is 9.48 Å². The number of rotatable bonds is 3. The molecule has 2 aromatic rings. The van der Waals surface area contributed by atoms with Crippen LogP contribution in [-0.4, -0.2) is 20.9 Å². The third kappa shape index (κ3) is 2.46. The van der Waals surface area contributed by atoms with E-state index in [1.54, 1.807) is 18.2 Å². The Bertz CT molecular complexity index is 615. The van der Waals surface area contributed by atoms with Crippen LogP contribution in [0.1, 0.15) is 35.8 Å². The number of nitrogens with zero attached hydrogens (tertiary/aromatic N) is 2. The van der Waals surface area contributed by atoms with Crippen LogP contribution in [0.5, 0.6) is 0 Å². The second-order valence-corrected chi connectivity index (χ2v) is 5.20. The number of halogens is 2. The van der Waals surface area contributed by atoms with Gasteiger partial charge < -0.3 is 5.11 Å². The number of carboxylic acid groups (broad SMARTS) is 1. The highest BCUT2D eigenvalue weighted by molar-refractivity contribution is 6.37. The van der Waals surface area contributed by atoms with Crippen LogP contribution < -0.4 is 0 Å². The number of carboxylic acids is 1. The Morgan fingerprint density at radius 3 is 2.37 bits per heavy atom. The predicted molar refractivity (Wildman–Crippen MR) is 74.6 cm³/mol. The van der Waals surface area contributed by atoms with Gasteiger partial charge >= 0.3 is 5.97 Å². The average Bonchev–Trinajstić information content (AvgIpc) is 2.73. The monoisotopic (exact) mass is 298 g/mol. The molecule has 0 saturated carbocycles. The zero-order valence-corrected chi connectivity index (χ0v) is 11.9. The minimum atomic E-state index is -1.06. The minimum Gasteiger partial charge on any atom is -0.476 e. The van der Waals surface area contributed by atoms with E-state index in [1.165, 1.54) is 10.9 Å². The Balaban J connectivity index is 2.73. The maximum atomic E-state index is 11.5. The maximum absolute atomic E-state index is 11.5. The second kappa shape index (κ2) is 5.23. The first-order valence-corrected chi connectivity index (χ1v) is 6.44. The standard InChI is InChI=1S/C13H12Cl2N2O2/c1-7(2)8-6-16-17(11(8)13(18)19)12-9(14)4-3-5-10(12)15/h3-7H,1-2H3,(H,18,19). The van der Waals surface area contributed by atoms with Gasteiger partial charge in [-0.3, -0.25) is 0 Å². The number of hydrogen-bond donors (Lipinski definition) is 1. The quantitative estimate of drug-likeness (QED) is 0.932. The summed E-state index contributed by atoms with van der Waals surface area (Å²) >= 11 is 12.2. The molecule has 19 heavy (non-hydrogen) atoms. The first kappa shape index (κ1) is 13.9. The van der Waals surface area contributed by atoms with E-state index in [0.717, 1.165) is 0 Å². The topological polar surface area (TPSA) is 55.1 Å². The Morgan fingerprint density at radius 1 is 1.32 bits per heavy atom. The average molecular weight is 299 g/mol. The molecule has 0 spiro atoms. The lowest BCUT2D eigenvalue weighted by atomic mass is 10.0. The zero-order valence-electron chi connectivity index (χ0n) is 10.4. The molecule has 0 unspecified atom stereocenters. The van der Waals surface area contributed by atoms with Crippen LogP contribution >= 0.6 is 23.2 Å². The lowest BCUT2D eigenvalue weighted by molar-refractivity contribution is 0.0685. The number of hydrogen-bond acceptors (Lipinski definition) is 2. The van der Waals surface area contributed by atoms with Gasteiger partial charge in [0.2, 0.25) is 0 Å². The van der Waals surface area contributed by atoms with Crippen LogP contribution in [0.4, 0.5) is 0 Å².